The number of carbonyl (C=O) groups excluding carboxylic acids is 1. The smallest absolute Gasteiger partial charge is 0.401 e. The number of ether oxygens (including phenoxy) is 3. The number of nitrogens with zero attached hydrogens (tertiary/aromatic N) is 3. The van der Waals surface area contributed by atoms with Crippen molar-refractivity contribution in [2.75, 3.05) is 51.9 Å². The van der Waals surface area contributed by atoms with Gasteiger partial charge < -0.3 is 24.1 Å². The Hall–Kier alpha value is -4.23. The summed E-state index contributed by atoms with van der Waals surface area (Å²) in [5, 5.41) is 6.63. The van der Waals surface area contributed by atoms with Crippen LogP contribution in [-0.4, -0.2) is 73.7 Å². The topological polar surface area (TPSA) is 99.0 Å². The Labute approximate surface area is 251 Å². The Morgan fingerprint density at radius 3 is 2.52 bits per heavy atom. The molecule has 44 heavy (non-hydrogen) atoms. The molecule has 0 unspecified atom stereocenters. The summed E-state index contributed by atoms with van der Waals surface area (Å²) < 4.78 is 76.6. The SMILES string of the molecule is COc1cc2ncc(-c3ccc(CC(=O)Nc4cc(C(C)(C)C(F)(F)F)on4)c(F)c3)cc2cc1OCCN1CCOCC1. The van der Waals surface area contributed by atoms with Crippen LogP contribution in [-0.2, 0) is 21.4 Å². The molecule has 0 bridgehead atoms. The molecule has 2 aromatic carbocycles. The normalized spacial score (nSPS) is 14.5. The van der Waals surface area contributed by atoms with E-state index in [1.54, 1.807) is 25.4 Å². The number of nitrogens with one attached hydrogen (secondary N) is 1. The first kappa shape index (κ1) is 31.2. The summed E-state index contributed by atoms with van der Waals surface area (Å²) in [6, 6.07) is 10.9. The number of amides is 1. The number of carbonyl (C=O) groups is 1. The Balaban J connectivity index is 1.26. The number of hydrogen-bond donors (Lipinski definition) is 1. The van der Waals surface area contributed by atoms with Crippen LogP contribution in [0.2, 0.25) is 0 Å². The van der Waals surface area contributed by atoms with Crippen LogP contribution in [0.4, 0.5) is 23.4 Å². The summed E-state index contributed by atoms with van der Waals surface area (Å²) in [6.45, 7) is 6.24. The monoisotopic (exact) mass is 616 g/mol. The largest absolute Gasteiger partial charge is 0.493 e. The second-order valence-corrected chi connectivity index (χ2v) is 11.0. The molecular weight excluding hydrogens is 584 g/mol. The van der Waals surface area contributed by atoms with Gasteiger partial charge in [-0.15, -0.1) is 0 Å². The van der Waals surface area contributed by atoms with Gasteiger partial charge in [0.25, 0.3) is 0 Å². The van der Waals surface area contributed by atoms with Crippen LogP contribution >= 0.6 is 0 Å². The number of anilines is 1. The molecule has 2 aromatic heterocycles. The molecule has 13 heteroatoms. The van der Waals surface area contributed by atoms with Crippen LogP contribution in [0.15, 0.2) is 53.2 Å². The van der Waals surface area contributed by atoms with Gasteiger partial charge in [-0.3, -0.25) is 14.7 Å². The fourth-order valence-corrected chi connectivity index (χ4v) is 4.67. The predicted octanol–water partition coefficient (Wildman–Crippen LogP) is 5.77. The third-order valence-corrected chi connectivity index (χ3v) is 7.58. The average molecular weight is 617 g/mol. The molecule has 0 spiro atoms. The van der Waals surface area contributed by atoms with Gasteiger partial charge in [0.2, 0.25) is 5.91 Å². The maximum Gasteiger partial charge on any atom is 0.401 e. The molecule has 1 aliphatic heterocycles. The lowest BCUT2D eigenvalue weighted by Crippen LogP contribution is -2.38. The fraction of sp³-hybridized carbons (Fsp3) is 0.387. The number of morpholine rings is 1. The number of fused-ring (bicyclic) bond motifs is 1. The van der Waals surface area contributed by atoms with Gasteiger partial charge >= 0.3 is 6.18 Å². The van der Waals surface area contributed by atoms with Crippen molar-refractivity contribution in [3.05, 3.63) is 65.8 Å². The minimum atomic E-state index is -4.58. The number of rotatable bonds is 10. The van der Waals surface area contributed by atoms with Gasteiger partial charge in [-0.05, 0) is 43.2 Å². The van der Waals surface area contributed by atoms with Crippen LogP contribution in [0.25, 0.3) is 22.0 Å². The van der Waals surface area contributed by atoms with Gasteiger partial charge in [0, 0.05) is 48.9 Å². The molecule has 0 radical (unpaired) electrons. The van der Waals surface area contributed by atoms with Gasteiger partial charge in [0.1, 0.15) is 17.8 Å². The van der Waals surface area contributed by atoms with E-state index in [0.29, 0.717) is 48.0 Å². The highest BCUT2D eigenvalue weighted by Gasteiger charge is 2.51. The third kappa shape index (κ3) is 6.94. The predicted molar refractivity (Wildman–Crippen MR) is 154 cm³/mol. The van der Waals surface area contributed by atoms with E-state index in [4.69, 9.17) is 18.7 Å². The standard InChI is InChI=1S/C31H32F4N4O5/c1-30(2,31(33,34)35)27-17-28(38-44-27)37-29(40)15-20-5-4-19(13-23(20)32)22-12-21-14-26(25(41-3)16-24(21)36-18-22)43-11-8-39-6-9-42-10-7-39/h4-5,12-14,16-18H,6-11,15H2,1-3H3,(H,37,38,40). The molecule has 1 amide bonds. The maximum absolute atomic E-state index is 15.1. The van der Waals surface area contributed by atoms with Gasteiger partial charge in [0.15, 0.2) is 23.1 Å². The van der Waals surface area contributed by atoms with E-state index in [9.17, 15) is 18.0 Å². The lowest BCUT2D eigenvalue weighted by molar-refractivity contribution is -0.185. The summed E-state index contributed by atoms with van der Waals surface area (Å²) in [7, 11) is 1.56. The van der Waals surface area contributed by atoms with Gasteiger partial charge in [-0.25, -0.2) is 4.39 Å². The quantitative estimate of drug-likeness (QED) is 0.224. The summed E-state index contributed by atoms with van der Waals surface area (Å²) in [5.41, 5.74) is -0.331. The highest BCUT2D eigenvalue weighted by molar-refractivity contribution is 5.91. The van der Waals surface area contributed by atoms with Crippen molar-refractivity contribution in [3.63, 3.8) is 0 Å². The number of halogens is 4. The van der Waals surface area contributed by atoms with E-state index in [1.165, 1.54) is 12.1 Å². The summed E-state index contributed by atoms with van der Waals surface area (Å²) in [5.74, 6) is -0.810. The molecule has 5 rings (SSSR count). The Kier molecular flexibility index (Phi) is 9.07. The first-order chi connectivity index (χ1) is 20.9. The molecule has 1 saturated heterocycles. The molecular formula is C31H32F4N4O5. The number of hydrogen-bond acceptors (Lipinski definition) is 8. The molecule has 3 heterocycles. The van der Waals surface area contributed by atoms with E-state index in [1.807, 2.05) is 12.1 Å². The van der Waals surface area contributed by atoms with E-state index < -0.39 is 29.1 Å². The lowest BCUT2D eigenvalue weighted by atomic mass is 9.89. The Morgan fingerprint density at radius 1 is 1.05 bits per heavy atom. The van der Waals surface area contributed by atoms with E-state index in [2.05, 4.69) is 20.4 Å². The molecule has 1 fully saturated rings. The van der Waals surface area contributed by atoms with Crippen molar-refractivity contribution >= 4 is 22.6 Å². The first-order valence-corrected chi connectivity index (χ1v) is 14.0. The molecule has 1 aliphatic rings. The van der Waals surface area contributed by atoms with Crippen molar-refractivity contribution in [1.29, 1.82) is 0 Å². The van der Waals surface area contributed by atoms with Crippen LogP contribution in [0, 0.1) is 5.82 Å². The molecule has 0 saturated carbocycles. The van der Waals surface area contributed by atoms with Crippen molar-refractivity contribution in [3.8, 4) is 22.6 Å². The first-order valence-electron chi connectivity index (χ1n) is 14.0. The van der Waals surface area contributed by atoms with E-state index in [-0.39, 0.29) is 17.8 Å². The van der Waals surface area contributed by atoms with Crippen molar-refractivity contribution < 1.29 is 41.1 Å². The second kappa shape index (κ2) is 12.8. The number of aromatic nitrogens is 2. The highest BCUT2D eigenvalue weighted by Crippen LogP contribution is 2.41. The molecule has 234 valence electrons. The van der Waals surface area contributed by atoms with Crippen LogP contribution in [0.1, 0.15) is 25.2 Å². The van der Waals surface area contributed by atoms with Crippen molar-refractivity contribution in [1.82, 2.24) is 15.0 Å². The van der Waals surface area contributed by atoms with Gasteiger partial charge in [-0.1, -0.05) is 17.3 Å². The Morgan fingerprint density at radius 2 is 1.82 bits per heavy atom. The zero-order valence-corrected chi connectivity index (χ0v) is 24.5. The second-order valence-electron chi connectivity index (χ2n) is 11.0. The number of pyridine rings is 1. The van der Waals surface area contributed by atoms with Crippen molar-refractivity contribution in [2.45, 2.75) is 31.9 Å². The van der Waals surface area contributed by atoms with Crippen LogP contribution < -0.4 is 14.8 Å². The minimum Gasteiger partial charge on any atom is -0.493 e. The molecule has 0 atom stereocenters. The number of alkyl halides is 3. The summed E-state index contributed by atoms with van der Waals surface area (Å²) >= 11 is 0. The van der Waals surface area contributed by atoms with Crippen molar-refractivity contribution in [2.24, 2.45) is 0 Å². The fourth-order valence-electron chi connectivity index (χ4n) is 4.67. The molecule has 9 nitrogen and oxygen atoms in total. The van der Waals surface area contributed by atoms with Crippen LogP contribution in [0.3, 0.4) is 0 Å². The van der Waals surface area contributed by atoms with E-state index >= 15 is 4.39 Å². The maximum atomic E-state index is 15.1. The molecule has 0 aliphatic carbocycles. The molecule has 1 N–H and O–H groups in total. The van der Waals surface area contributed by atoms with Gasteiger partial charge in [-0.2, -0.15) is 13.2 Å². The minimum absolute atomic E-state index is 0.0972. The number of benzene rings is 2. The average Bonchev–Trinajstić information content (AvgIpc) is 3.46. The van der Waals surface area contributed by atoms with E-state index in [0.717, 1.165) is 44.9 Å². The summed E-state index contributed by atoms with van der Waals surface area (Å²) in [6.07, 6.45) is -3.32. The summed E-state index contributed by atoms with van der Waals surface area (Å²) in [4.78, 5) is 19.3. The van der Waals surface area contributed by atoms with Gasteiger partial charge in [0.05, 0.1) is 32.3 Å². The lowest BCUT2D eigenvalue weighted by Gasteiger charge is -2.26. The number of methoxy groups -OCH3 is 1. The molecule has 4 aromatic rings. The zero-order valence-electron chi connectivity index (χ0n) is 24.5. The highest BCUT2D eigenvalue weighted by atomic mass is 19.4. The Bertz CT molecular complexity index is 1630. The zero-order chi connectivity index (χ0) is 31.5. The van der Waals surface area contributed by atoms with Crippen LogP contribution in [0.5, 0.6) is 11.5 Å². The third-order valence-electron chi connectivity index (χ3n) is 7.58.